The van der Waals surface area contributed by atoms with Crippen LogP contribution in [0.5, 0.6) is 5.75 Å². The summed E-state index contributed by atoms with van der Waals surface area (Å²) in [5.74, 6) is -0.862. The first-order valence-corrected chi connectivity index (χ1v) is 11.2. The summed E-state index contributed by atoms with van der Waals surface area (Å²) in [6.45, 7) is 1.73. The minimum atomic E-state index is -4.09. The van der Waals surface area contributed by atoms with Crippen molar-refractivity contribution in [2.75, 3.05) is 20.8 Å². The summed E-state index contributed by atoms with van der Waals surface area (Å²) in [4.78, 5) is 25.8. The third-order valence-corrected chi connectivity index (χ3v) is 7.08. The van der Waals surface area contributed by atoms with Crippen LogP contribution in [-0.4, -0.2) is 55.1 Å². The van der Waals surface area contributed by atoms with Crippen molar-refractivity contribution in [3.8, 4) is 11.4 Å². The highest BCUT2D eigenvalue weighted by Gasteiger charge is 2.40. The molecule has 9 nitrogen and oxygen atoms in total. The highest BCUT2D eigenvalue weighted by molar-refractivity contribution is 7.89. The van der Waals surface area contributed by atoms with E-state index < -0.39 is 21.9 Å². The van der Waals surface area contributed by atoms with E-state index in [4.69, 9.17) is 9.47 Å². The van der Waals surface area contributed by atoms with E-state index in [1.54, 1.807) is 36.4 Å². The number of ether oxygens (including phenoxy) is 2. The van der Waals surface area contributed by atoms with Gasteiger partial charge in [0.2, 0.25) is 0 Å². The summed E-state index contributed by atoms with van der Waals surface area (Å²) >= 11 is 0. The van der Waals surface area contributed by atoms with E-state index in [1.165, 1.54) is 31.0 Å². The maximum atomic E-state index is 13.5. The van der Waals surface area contributed by atoms with Gasteiger partial charge >= 0.3 is 5.97 Å². The third kappa shape index (κ3) is 3.52. The second-order valence-corrected chi connectivity index (χ2v) is 9.08. The highest BCUT2D eigenvalue weighted by atomic mass is 32.2. The minimum absolute atomic E-state index is 0.0116. The van der Waals surface area contributed by atoms with Gasteiger partial charge in [-0.3, -0.25) is 4.79 Å². The van der Waals surface area contributed by atoms with Crippen LogP contribution >= 0.6 is 0 Å². The SMILES string of the molecule is COC(=O)c1nn(-c2ccc(OC)cc2)c2c1CCN(S(=O)(=O)c1ccc(C)cc1)C2=O. The Kier molecular flexibility index (Phi) is 5.47. The lowest BCUT2D eigenvalue weighted by Crippen LogP contribution is -2.42. The Balaban J connectivity index is 1.84. The molecule has 32 heavy (non-hydrogen) atoms. The molecular formula is C22H21N3O6S. The minimum Gasteiger partial charge on any atom is -0.497 e. The van der Waals surface area contributed by atoms with Crippen LogP contribution in [0, 0.1) is 6.92 Å². The van der Waals surface area contributed by atoms with Crippen molar-refractivity contribution in [3.63, 3.8) is 0 Å². The summed E-state index contributed by atoms with van der Waals surface area (Å²) in [6, 6.07) is 12.9. The molecule has 0 saturated heterocycles. The average Bonchev–Trinajstić information content (AvgIpc) is 3.19. The van der Waals surface area contributed by atoms with E-state index in [9.17, 15) is 18.0 Å². The molecule has 0 aliphatic carbocycles. The molecule has 166 valence electrons. The van der Waals surface area contributed by atoms with Crippen molar-refractivity contribution in [3.05, 3.63) is 71.0 Å². The Morgan fingerprint density at radius 1 is 1.03 bits per heavy atom. The molecule has 1 aliphatic rings. The van der Waals surface area contributed by atoms with Crippen LogP contribution in [0.15, 0.2) is 53.4 Å². The topological polar surface area (TPSA) is 108 Å². The summed E-state index contributed by atoms with van der Waals surface area (Å²) in [5, 5.41) is 4.30. The molecule has 3 aromatic rings. The second kappa shape index (κ2) is 8.12. The van der Waals surface area contributed by atoms with E-state index >= 15 is 0 Å². The summed E-state index contributed by atoms with van der Waals surface area (Å²) in [7, 11) is -1.34. The van der Waals surface area contributed by atoms with Crippen molar-refractivity contribution < 1.29 is 27.5 Å². The molecule has 0 N–H and O–H groups in total. The predicted molar refractivity (Wildman–Crippen MR) is 115 cm³/mol. The van der Waals surface area contributed by atoms with Gasteiger partial charge in [-0.05, 0) is 49.7 Å². The number of fused-ring (bicyclic) bond motifs is 1. The lowest BCUT2D eigenvalue weighted by Gasteiger charge is -2.27. The molecule has 0 radical (unpaired) electrons. The molecule has 0 atom stereocenters. The fraction of sp³-hybridized carbons (Fsp3) is 0.227. The smallest absolute Gasteiger partial charge is 0.358 e. The van der Waals surface area contributed by atoms with E-state index in [0.29, 0.717) is 17.0 Å². The number of hydrogen-bond acceptors (Lipinski definition) is 7. The summed E-state index contributed by atoms with van der Waals surface area (Å²) in [5.41, 5.74) is 1.72. The molecule has 0 spiro atoms. The zero-order valence-electron chi connectivity index (χ0n) is 17.7. The molecule has 1 aliphatic heterocycles. The highest BCUT2D eigenvalue weighted by Crippen LogP contribution is 2.30. The van der Waals surface area contributed by atoms with E-state index in [1.807, 2.05) is 6.92 Å². The van der Waals surface area contributed by atoms with Gasteiger partial charge in [0.15, 0.2) is 5.69 Å². The van der Waals surface area contributed by atoms with E-state index in [-0.39, 0.29) is 29.2 Å². The summed E-state index contributed by atoms with van der Waals surface area (Å²) < 4.78 is 38.5. The van der Waals surface area contributed by atoms with Crippen LogP contribution in [0.4, 0.5) is 0 Å². The number of esters is 1. The third-order valence-electron chi connectivity index (χ3n) is 5.28. The fourth-order valence-electron chi connectivity index (χ4n) is 3.58. The Morgan fingerprint density at radius 2 is 1.69 bits per heavy atom. The van der Waals surface area contributed by atoms with Crippen LogP contribution in [0.25, 0.3) is 5.69 Å². The quantitative estimate of drug-likeness (QED) is 0.544. The number of aryl methyl sites for hydroxylation is 1. The van der Waals surface area contributed by atoms with Gasteiger partial charge in [0.1, 0.15) is 11.4 Å². The standard InChI is InChI=1S/C22H21N3O6S/c1-14-4-10-17(11-5-14)32(28,29)24-13-12-18-19(22(27)31-3)23-25(20(18)21(24)26)15-6-8-16(30-2)9-7-15/h4-11H,12-13H2,1-3H3. The first-order valence-electron chi connectivity index (χ1n) is 9.76. The van der Waals surface area contributed by atoms with Gasteiger partial charge < -0.3 is 9.47 Å². The number of benzene rings is 2. The predicted octanol–water partition coefficient (Wildman–Crippen LogP) is 2.36. The lowest BCUT2D eigenvalue weighted by molar-refractivity contribution is 0.0592. The molecular weight excluding hydrogens is 434 g/mol. The molecule has 1 aromatic heterocycles. The number of sulfonamides is 1. The number of methoxy groups -OCH3 is 2. The van der Waals surface area contributed by atoms with Gasteiger partial charge in [-0.1, -0.05) is 17.7 Å². The van der Waals surface area contributed by atoms with E-state index in [0.717, 1.165) is 9.87 Å². The van der Waals surface area contributed by atoms with Gasteiger partial charge in [-0.2, -0.15) is 5.10 Å². The fourth-order valence-corrected chi connectivity index (χ4v) is 4.95. The first-order chi connectivity index (χ1) is 15.3. The Bertz CT molecular complexity index is 1290. The van der Waals surface area contributed by atoms with Crippen LogP contribution in [0.2, 0.25) is 0 Å². The second-order valence-electron chi connectivity index (χ2n) is 7.22. The van der Waals surface area contributed by atoms with Gasteiger partial charge in [0.25, 0.3) is 15.9 Å². The van der Waals surface area contributed by atoms with Crippen molar-refractivity contribution in [2.45, 2.75) is 18.2 Å². The molecule has 4 rings (SSSR count). The molecule has 1 amide bonds. The number of carbonyl (C=O) groups excluding carboxylic acids is 2. The Labute approximate surface area is 185 Å². The number of amides is 1. The molecule has 0 bridgehead atoms. The average molecular weight is 455 g/mol. The van der Waals surface area contributed by atoms with Crippen LogP contribution in [0.3, 0.4) is 0 Å². The number of nitrogens with zero attached hydrogens (tertiary/aromatic N) is 3. The van der Waals surface area contributed by atoms with Crippen molar-refractivity contribution in [1.29, 1.82) is 0 Å². The van der Waals surface area contributed by atoms with Gasteiger partial charge in [0, 0.05) is 12.1 Å². The van der Waals surface area contributed by atoms with Crippen LogP contribution in [0.1, 0.15) is 32.1 Å². The van der Waals surface area contributed by atoms with Crippen molar-refractivity contribution >= 4 is 21.9 Å². The van der Waals surface area contributed by atoms with Crippen molar-refractivity contribution in [2.24, 2.45) is 0 Å². The lowest BCUT2D eigenvalue weighted by atomic mass is 10.0. The number of hydrogen-bond donors (Lipinski definition) is 0. The number of aromatic nitrogens is 2. The largest absolute Gasteiger partial charge is 0.497 e. The van der Waals surface area contributed by atoms with Gasteiger partial charge in [-0.25, -0.2) is 22.2 Å². The van der Waals surface area contributed by atoms with E-state index in [2.05, 4.69) is 5.10 Å². The van der Waals surface area contributed by atoms with Crippen LogP contribution < -0.4 is 4.74 Å². The molecule has 0 unspecified atom stereocenters. The number of carbonyl (C=O) groups is 2. The van der Waals surface area contributed by atoms with Gasteiger partial charge in [0.05, 0.1) is 24.8 Å². The molecule has 0 saturated carbocycles. The normalized spacial score (nSPS) is 13.6. The Hall–Kier alpha value is -3.66. The molecule has 2 heterocycles. The summed E-state index contributed by atoms with van der Waals surface area (Å²) in [6.07, 6.45) is 0.132. The molecule has 0 fully saturated rings. The maximum absolute atomic E-state index is 13.5. The maximum Gasteiger partial charge on any atom is 0.358 e. The first kappa shape index (κ1) is 21.6. The molecule has 2 aromatic carbocycles. The zero-order chi connectivity index (χ0) is 23.0. The number of rotatable bonds is 5. The van der Waals surface area contributed by atoms with Crippen LogP contribution in [-0.2, 0) is 21.2 Å². The zero-order valence-corrected chi connectivity index (χ0v) is 18.5. The van der Waals surface area contributed by atoms with Gasteiger partial charge in [-0.15, -0.1) is 0 Å². The molecule has 10 heteroatoms. The Morgan fingerprint density at radius 3 is 2.28 bits per heavy atom. The monoisotopic (exact) mass is 455 g/mol. The van der Waals surface area contributed by atoms with Crippen molar-refractivity contribution in [1.82, 2.24) is 14.1 Å².